The summed E-state index contributed by atoms with van der Waals surface area (Å²) in [6, 6.07) is 6.38. The standard InChI is InChI=1S/C16H22FNO3/c1-2-20-16(19)13-6-5-9-18(12-13)10-11-21-15-8-4-3-7-14(15)17/h3-4,7-8,13H,2,5-6,9-12H2,1H3. The lowest BCUT2D eigenvalue weighted by Gasteiger charge is -2.31. The minimum absolute atomic E-state index is 0.0489. The van der Waals surface area contributed by atoms with E-state index in [-0.39, 0.29) is 23.5 Å². The second-order valence-corrected chi connectivity index (χ2v) is 5.17. The molecule has 1 atom stereocenters. The van der Waals surface area contributed by atoms with E-state index in [9.17, 15) is 9.18 Å². The van der Waals surface area contributed by atoms with Gasteiger partial charge in [-0.15, -0.1) is 0 Å². The van der Waals surface area contributed by atoms with Crippen LogP contribution in [0.15, 0.2) is 24.3 Å². The van der Waals surface area contributed by atoms with Crippen LogP contribution >= 0.6 is 0 Å². The van der Waals surface area contributed by atoms with Crippen LogP contribution in [0, 0.1) is 11.7 Å². The molecule has 1 aliphatic heterocycles. The van der Waals surface area contributed by atoms with E-state index in [1.54, 1.807) is 18.2 Å². The molecular weight excluding hydrogens is 273 g/mol. The second-order valence-electron chi connectivity index (χ2n) is 5.17. The summed E-state index contributed by atoms with van der Waals surface area (Å²) in [7, 11) is 0. The highest BCUT2D eigenvalue weighted by atomic mass is 19.1. The van der Waals surface area contributed by atoms with Crippen molar-refractivity contribution >= 4 is 5.97 Å². The second kappa shape index (κ2) is 7.98. The predicted octanol–water partition coefficient (Wildman–Crippen LogP) is 2.48. The first-order valence-electron chi connectivity index (χ1n) is 7.47. The van der Waals surface area contributed by atoms with Crippen LogP contribution in [0.4, 0.5) is 4.39 Å². The molecule has 0 bridgehead atoms. The highest BCUT2D eigenvalue weighted by Crippen LogP contribution is 2.18. The normalized spacial score (nSPS) is 19.2. The van der Waals surface area contributed by atoms with Crippen molar-refractivity contribution in [3.63, 3.8) is 0 Å². The molecule has 0 saturated carbocycles. The monoisotopic (exact) mass is 295 g/mol. The van der Waals surface area contributed by atoms with Gasteiger partial charge in [0.1, 0.15) is 6.61 Å². The van der Waals surface area contributed by atoms with Crippen molar-refractivity contribution in [1.82, 2.24) is 4.90 Å². The van der Waals surface area contributed by atoms with Crippen LogP contribution in [-0.4, -0.2) is 43.7 Å². The van der Waals surface area contributed by atoms with E-state index >= 15 is 0 Å². The van der Waals surface area contributed by atoms with Gasteiger partial charge in [0.05, 0.1) is 12.5 Å². The summed E-state index contributed by atoms with van der Waals surface area (Å²) in [4.78, 5) is 13.9. The van der Waals surface area contributed by atoms with E-state index in [0.717, 1.165) is 19.4 Å². The van der Waals surface area contributed by atoms with Crippen molar-refractivity contribution in [2.75, 3.05) is 32.8 Å². The van der Waals surface area contributed by atoms with Gasteiger partial charge in [-0.25, -0.2) is 4.39 Å². The van der Waals surface area contributed by atoms with E-state index in [2.05, 4.69) is 4.90 Å². The fourth-order valence-electron chi connectivity index (χ4n) is 2.56. The molecule has 1 aliphatic rings. The number of nitrogens with zero attached hydrogens (tertiary/aromatic N) is 1. The smallest absolute Gasteiger partial charge is 0.310 e. The van der Waals surface area contributed by atoms with Gasteiger partial charge in [-0.3, -0.25) is 9.69 Å². The minimum atomic E-state index is -0.347. The predicted molar refractivity (Wildman–Crippen MR) is 77.7 cm³/mol. The minimum Gasteiger partial charge on any atom is -0.489 e. The van der Waals surface area contributed by atoms with Gasteiger partial charge in [0.15, 0.2) is 11.6 Å². The molecule has 2 rings (SSSR count). The number of para-hydroxylation sites is 1. The molecule has 1 saturated heterocycles. The number of rotatable bonds is 6. The Bertz CT molecular complexity index is 467. The molecule has 0 radical (unpaired) electrons. The average Bonchev–Trinajstić information content (AvgIpc) is 2.50. The van der Waals surface area contributed by atoms with E-state index < -0.39 is 0 Å². The first kappa shape index (κ1) is 15.8. The van der Waals surface area contributed by atoms with Crippen molar-refractivity contribution in [2.45, 2.75) is 19.8 Å². The molecule has 1 fully saturated rings. The van der Waals surface area contributed by atoms with Gasteiger partial charge in [-0.2, -0.15) is 0 Å². The van der Waals surface area contributed by atoms with Crippen LogP contribution in [-0.2, 0) is 9.53 Å². The van der Waals surface area contributed by atoms with Crippen LogP contribution in [0.1, 0.15) is 19.8 Å². The number of esters is 1. The highest BCUT2D eigenvalue weighted by Gasteiger charge is 2.26. The number of benzene rings is 1. The molecular formula is C16H22FNO3. The number of halogens is 1. The van der Waals surface area contributed by atoms with Gasteiger partial charge in [-0.1, -0.05) is 12.1 Å². The molecule has 5 heteroatoms. The molecule has 0 aromatic heterocycles. The fourth-order valence-corrected chi connectivity index (χ4v) is 2.56. The molecule has 0 spiro atoms. The zero-order chi connectivity index (χ0) is 15.1. The third kappa shape index (κ3) is 4.70. The first-order valence-corrected chi connectivity index (χ1v) is 7.47. The summed E-state index contributed by atoms with van der Waals surface area (Å²) < 4.78 is 23.9. The molecule has 1 unspecified atom stereocenters. The molecule has 0 amide bonds. The van der Waals surface area contributed by atoms with Gasteiger partial charge in [0, 0.05) is 13.1 Å². The number of ether oxygens (including phenoxy) is 2. The molecule has 1 aromatic rings. The van der Waals surface area contributed by atoms with E-state index in [4.69, 9.17) is 9.47 Å². The molecule has 0 N–H and O–H groups in total. The molecule has 1 aromatic carbocycles. The third-order valence-corrected chi connectivity index (χ3v) is 3.63. The molecule has 116 valence electrons. The maximum absolute atomic E-state index is 13.4. The average molecular weight is 295 g/mol. The Labute approximate surface area is 124 Å². The van der Waals surface area contributed by atoms with Crippen molar-refractivity contribution in [2.24, 2.45) is 5.92 Å². The van der Waals surface area contributed by atoms with Gasteiger partial charge in [0.25, 0.3) is 0 Å². The topological polar surface area (TPSA) is 38.8 Å². The Balaban J connectivity index is 1.75. The van der Waals surface area contributed by atoms with Crippen LogP contribution in [0.2, 0.25) is 0 Å². The van der Waals surface area contributed by atoms with E-state index in [1.807, 2.05) is 6.92 Å². The lowest BCUT2D eigenvalue weighted by molar-refractivity contribution is -0.150. The van der Waals surface area contributed by atoms with Crippen molar-refractivity contribution in [3.8, 4) is 5.75 Å². The number of piperidine rings is 1. The lowest BCUT2D eigenvalue weighted by atomic mass is 9.98. The van der Waals surface area contributed by atoms with Gasteiger partial charge < -0.3 is 9.47 Å². The molecule has 0 aliphatic carbocycles. The lowest BCUT2D eigenvalue weighted by Crippen LogP contribution is -2.41. The van der Waals surface area contributed by atoms with Gasteiger partial charge >= 0.3 is 5.97 Å². The van der Waals surface area contributed by atoms with Crippen LogP contribution < -0.4 is 4.74 Å². The van der Waals surface area contributed by atoms with Crippen LogP contribution in [0.25, 0.3) is 0 Å². The number of carbonyl (C=O) groups excluding carboxylic acids is 1. The number of likely N-dealkylation sites (tertiary alicyclic amines) is 1. The Morgan fingerprint density at radius 3 is 3.00 bits per heavy atom. The Morgan fingerprint density at radius 2 is 2.24 bits per heavy atom. The van der Waals surface area contributed by atoms with Crippen LogP contribution in [0.5, 0.6) is 5.75 Å². The Hall–Kier alpha value is -1.62. The first-order chi connectivity index (χ1) is 10.2. The summed E-state index contributed by atoms with van der Waals surface area (Å²) in [5.74, 6) is -0.235. The zero-order valence-corrected chi connectivity index (χ0v) is 12.4. The van der Waals surface area contributed by atoms with Crippen LogP contribution in [0.3, 0.4) is 0 Å². The largest absolute Gasteiger partial charge is 0.489 e. The summed E-state index contributed by atoms with van der Waals surface area (Å²) in [5.41, 5.74) is 0. The number of hydrogen-bond acceptors (Lipinski definition) is 4. The quantitative estimate of drug-likeness (QED) is 0.756. The maximum atomic E-state index is 13.4. The Morgan fingerprint density at radius 1 is 1.43 bits per heavy atom. The number of hydrogen-bond donors (Lipinski definition) is 0. The molecule has 1 heterocycles. The van der Waals surface area contributed by atoms with E-state index in [0.29, 0.717) is 26.3 Å². The molecule has 4 nitrogen and oxygen atoms in total. The summed E-state index contributed by atoms with van der Waals surface area (Å²) >= 11 is 0. The SMILES string of the molecule is CCOC(=O)C1CCCN(CCOc2ccccc2F)C1. The maximum Gasteiger partial charge on any atom is 0.310 e. The van der Waals surface area contributed by atoms with E-state index in [1.165, 1.54) is 6.07 Å². The van der Waals surface area contributed by atoms with Gasteiger partial charge in [0.2, 0.25) is 0 Å². The zero-order valence-electron chi connectivity index (χ0n) is 12.4. The summed E-state index contributed by atoms with van der Waals surface area (Å²) in [6.45, 7) is 4.98. The summed E-state index contributed by atoms with van der Waals surface area (Å²) in [6.07, 6.45) is 1.85. The van der Waals surface area contributed by atoms with Crippen molar-refractivity contribution < 1.29 is 18.7 Å². The van der Waals surface area contributed by atoms with Crippen molar-refractivity contribution in [3.05, 3.63) is 30.1 Å². The Kier molecular flexibility index (Phi) is 5.99. The number of carbonyl (C=O) groups is 1. The highest BCUT2D eigenvalue weighted by molar-refractivity contribution is 5.72. The van der Waals surface area contributed by atoms with Crippen molar-refractivity contribution in [1.29, 1.82) is 0 Å². The van der Waals surface area contributed by atoms with Gasteiger partial charge in [-0.05, 0) is 38.4 Å². The summed E-state index contributed by atoms with van der Waals surface area (Å²) in [5, 5.41) is 0. The molecule has 21 heavy (non-hydrogen) atoms. The fraction of sp³-hybridized carbons (Fsp3) is 0.562. The third-order valence-electron chi connectivity index (χ3n) is 3.63.